The van der Waals surface area contributed by atoms with Crippen molar-refractivity contribution in [2.45, 2.75) is 44.6 Å². The summed E-state index contributed by atoms with van der Waals surface area (Å²) >= 11 is 0. The SMILES string of the molecule is COc1ccc([C@H]2CCCCCN2C(=O)CNC(=O)c2ccc(N3CCCC3=O)cc2)cc1. The second-order valence-electron chi connectivity index (χ2n) is 8.60. The average Bonchev–Trinajstić information content (AvgIpc) is 3.13. The molecule has 7 nitrogen and oxygen atoms in total. The summed E-state index contributed by atoms with van der Waals surface area (Å²) in [5, 5.41) is 2.77. The molecule has 0 saturated carbocycles. The fourth-order valence-electron chi connectivity index (χ4n) is 4.65. The Kier molecular flexibility index (Phi) is 7.27. The van der Waals surface area contributed by atoms with Gasteiger partial charge in [-0.25, -0.2) is 0 Å². The molecule has 2 saturated heterocycles. The van der Waals surface area contributed by atoms with E-state index in [0.717, 1.165) is 49.1 Å². The lowest BCUT2D eigenvalue weighted by atomic mass is 10.0. The first kappa shape index (κ1) is 22.8. The van der Waals surface area contributed by atoms with Crippen molar-refractivity contribution in [3.63, 3.8) is 0 Å². The van der Waals surface area contributed by atoms with Crippen LogP contribution in [0.4, 0.5) is 5.69 Å². The lowest BCUT2D eigenvalue weighted by Crippen LogP contribution is -2.42. The molecule has 7 heteroatoms. The molecule has 33 heavy (non-hydrogen) atoms. The topological polar surface area (TPSA) is 79.0 Å². The summed E-state index contributed by atoms with van der Waals surface area (Å²) in [6, 6.07) is 14.8. The molecule has 4 rings (SSSR count). The van der Waals surface area contributed by atoms with Crippen molar-refractivity contribution >= 4 is 23.4 Å². The number of hydrogen-bond donors (Lipinski definition) is 1. The number of amides is 3. The predicted octanol–water partition coefficient (Wildman–Crippen LogP) is 3.70. The van der Waals surface area contributed by atoms with E-state index in [-0.39, 0.29) is 30.3 Å². The van der Waals surface area contributed by atoms with Crippen LogP contribution < -0.4 is 15.0 Å². The van der Waals surface area contributed by atoms with Crippen LogP contribution in [-0.2, 0) is 9.59 Å². The highest BCUT2D eigenvalue weighted by molar-refractivity contribution is 5.98. The Bertz CT molecular complexity index is 988. The molecule has 2 fully saturated rings. The van der Waals surface area contributed by atoms with E-state index in [0.29, 0.717) is 25.1 Å². The highest BCUT2D eigenvalue weighted by Gasteiger charge is 2.27. The Morgan fingerprint density at radius 1 is 0.970 bits per heavy atom. The van der Waals surface area contributed by atoms with E-state index in [9.17, 15) is 14.4 Å². The fourth-order valence-corrected chi connectivity index (χ4v) is 4.65. The number of carbonyl (C=O) groups excluding carboxylic acids is 3. The highest BCUT2D eigenvalue weighted by atomic mass is 16.5. The van der Waals surface area contributed by atoms with Crippen LogP contribution in [0.3, 0.4) is 0 Å². The fraction of sp³-hybridized carbons (Fsp3) is 0.423. The molecule has 0 aliphatic carbocycles. The summed E-state index contributed by atoms with van der Waals surface area (Å²) < 4.78 is 5.26. The molecular weight excluding hydrogens is 418 g/mol. The van der Waals surface area contributed by atoms with E-state index in [4.69, 9.17) is 4.74 Å². The van der Waals surface area contributed by atoms with Crippen LogP contribution in [0.1, 0.15) is 60.5 Å². The van der Waals surface area contributed by atoms with E-state index in [1.54, 1.807) is 36.3 Å². The Labute approximate surface area is 194 Å². The monoisotopic (exact) mass is 449 g/mol. The first-order valence-corrected chi connectivity index (χ1v) is 11.7. The molecule has 0 aromatic heterocycles. The zero-order chi connectivity index (χ0) is 23.2. The molecule has 2 heterocycles. The predicted molar refractivity (Wildman–Crippen MR) is 126 cm³/mol. The molecule has 0 spiro atoms. The van der Waals surface area contributed by atoms with E-state index in [1.807, 2.05) is 29.2 Å². The minimum absolute atomic E-state index is 0.0000832. The van der Waals surface area contributed by atoms with Crippen LogP contribution in [-0.4, -0.2) is 49.4 Å². The molecule has 2 aromatic carbocycles. The van der Waals surface area contributed by atoms with Crippen molar-refractivity contribution < 1.29 is 19.1 Å². The molecule has 0 unspecified atom stereocenters. The number of carbonyl (C=O) groups is 3. The number of ether oxygens (including phenoxy) is 1. The third-order valence-electron chi connectivity index (χ3n) is 6.49. The van der Waals surface area contributed by atoms with Gasteiger partial charge < -0.3 is 19.9 Å². The molecule has 0 bridgehead atoms. The Morgan fingerprint density at radius 3 is 2.39 bits per heavy atom. The highest BCUT2D eigenvalue weighted by Crippen LogP contribution is 2.31. The molecule has 0 radical (unpaired) electrons. The maximum atomic E-state index is 13.1. The minimum Gasteiger partial charge on any atom is -0.497 e. The maximum absolute atomic E-state index is 13.1. The van der Waals surface area contributed by atoms with Crippen molar-refractivity contribution in [1.29, 1.82) is 0 Å². The van der Waals surface area contributed by atoms with Crippen molar-refractivity contribution in [2.75, 3.05) is 31.6 Å². The third kappa shape index (κ3) is 5.35. The minimum atomic E-state index is -0.293. The van der Waals surface area contributed by atoms with Crippen molar-refractivity contribution in [3.8, 4) is 5.75 Å². The lowest BCUT2D eigenvalue weighted by molar-refractivity contribution is -0.132. The number of benzene rings is 2. The summed E-state index contributed by atoms with van der Waals surface area (Å²) in [7, 11) is 1.64. The van der Waals surface area contributed by atoms with Gasteiger partial charge in [-0.2, -0.15) is 0 Å². The van der Waals surface area contributed by atoms with Gasteiger partial charge in [-0.3, -0.25) is 14.4 Å². The number of nitrogens with one attached hydrogen (secondary N) is 1. The van der Waals surface area contributed by atoms with Crippen LogP contribution in [0, 0.1) is 0 Å². The van der Waals surface area contributed by atoms with Crippen LogP contribution in [0.2, 0.25) is 0 Å². The summed E-state index contributed by atoms with van der Waals surface area (Å²) in [5.74, 6) is 0.531. The molecule has 1 N–H and O–H groups in total. The molecule has 2 aliphatic heterocycles. The van der Waals surface area contributed by atoms with Gasteiger partial charge in [-0.1, -0.05) is 25.0 Å². The van der Waals surface area contributed by atoms with Crippen LogP contribution in [0.5, 0.6) is 5.75 Å². The van der Waals surface area contributed by atoms with Gasteiger partial charge in [0.2, 0.25) is 11.8 Å². The van der Waals surface area contributed by atoms with Crippen molar-refractivity contribution in [1.82, 2.24) is 10.2 Å². The summed E-state index contributed by atoms with van der Waals surface area (Å²) in [6.45, 7) is 1.35. The van der Waals surface area contributed by atoms with Gasteiger partial charge in [-0.05, 0) is 61.2 Å². The molecule has 2 aromatic rings. The zero-order valence-electron chi connectivity index (χ0n) is 19.1. The van der Waals surface area contributed by atoms with Gasteiger partial charge in [0.05, 0.1) is 19.7 Å². The Balaban J connectivity index is 1.38. The number of anilines is 1. The van der Waals surface area contributed by atoms with Gasteiger partial charge in [-0.15, -0.1) is 0 Å². The number of rotatable bonds is 6. The van der Waals surface area contributed by atoms with Crippen LogP contribution in [0.15, 0.2) is 48.5 Å². The summed E-state index contributed by atoms with van der Waals surface area (Å²) in [4.78, 5) is 41.3. The first-order chi connectivity index (χ1) is 16.1. The van der Waals surface area contributed by atoms with Gasteiger partial charge in [0.15, 0.2) is 0 Å². The second kappa shape index (κ2) is 10.5. The molecule has 3 amide bonds. The third-order valence-corrected chi connectivity index (χ3v) is 6.49. The van der Waals surface area contributed by atoms with Gasteiger partial charge in [0.1, 0.15) is 5.75 Å². The van der Waals surface area contributed by atoms with E-state index >= 15 is 0 Å². The summed E-state index contributed by atoms with van der Waals surface area (Å²) in [6.07, 6.45) is 5.45. The number of nitrogens with zero attached hydrogens (tertiary/aromatic N) is 2. The number of likely N-dealkylation sites (tertiary alicyclic amines) is 1. The maximum Gasteiger partial charge on any atom is 0.251 e. The van der Waals surface area contributed by atoms with Gasteiger partial charge in [0.25, 0.3) is 5.91 Å². The van der Waals surface area contributed by atoms with Gasteiger partial charge >= 0.3 is 0 Å². The van der Waals surface area contributed by atoms with Crippen LogP contribution in [0.25, 0.3) is 0 Å². The van der Waals surface area contributed by atoms with Crippen molar-refractivity contribution in [3.05, 3.63) is 59.7 Å². The van der Waals surface area contributed by atoms with Gasteiger partial charge in [0, 0.05) is 30.8 Å². The second-order valence-corrected chi connectivity index (χ2v) is 8.60. The Morgan fingerprint density at radius 2 is 1.73 bits per heavy atom. The number of hydrogen-bond acceptors (Lipinski definition) is 4. The largest absolute Gasteiger partial charge is 0.497 e. The average molecular weight is 450 g/mol. The smallest absolute Gasteiger partial charge is 0.251 e. The zero-order valence-corrected chi connectivity index (χ0v) is 19.1. The molecular formula is C26H31N3O4. The first-order valence-electron chi connectivity index (χ1n) is 11.7. The molecule has 174 valence electrons. The normalized spacial score (nSPS) is 18.7. The standard InChI is InChI=1S/C26H31N3O4/c1-33-22-14-10-19(11-15-22)23-6-3-2-4-16-29(23)25(31)18-27-26(32)20-8-12-21(13-9-20)28-17-5-7-24(28)30/h8-15,23H,2-7,16-18H2,1H3,(H,27,32)/t23-/m1/s1. The molecule has 2 aliphatic rings. The number of methoxy groups -OCH3 is 1. The Hall–Kier alpha value is -3.35. The molecule has 1 atom stereocenters. The summed E-state index contributed by atoms with van der Waals surface area (Å²) in [5.41, 5.74) is 2.36. The van der Waals surface area contributed by atoms with E-state index in [2.05, 4.69) is 5.32 Å². The quantitative estimate of drug-likeness (QED) is 0.730. The van der Waals surface area contributed by atoms with Crippen molar-refractivity contribution in [2.24, 2.45) is 0 Å². The van der Waals surface area contributed by atoms with Crippen LogP contribution >= 0.6 is 0 Å². The van der Waals surface area contributed by atoms with E-state index < -0.39 is 0 Å². The lowest BCUT2D eigenvalue weighted by Gasteiger charge is -2.30. The van der Waals surface area contributed by atoms with E-state index in [1.165, 1.54) is 0 Å².